The summed E-state index contributed by atoms with van der Waals surface area (Å²) in [5.41, 5.74) is 1.30. The van der Waals surface area contributed by atoms with Gasteiger partial charge in [0.05, 0.1) is 12.0 Å². The Morgan fingerprint density at radius 3 is 3.00 bits per heavy atom. The minimum absolute atomic E-state index is 0.957. The normalized spacial score (nSPS) is 16.8. The first-order chi connectivity index (χ1) is 8.40. The van der Waals surface area contributed by atoms with E-state index in [1.807, 2.05) is 12.5 Å². The summed E-state index contributed by atoms with van der Waals surface area (Å²) in [6, 6.07) is 0. The highest BCUT2D eigenvalue weighted by Gasteiger charge is 2.13. The lowest BCUT2D eigenvalue weighted by molar-refractivity contribution is 0.468. The third kappa shape index (κ3) is 3.84. The van der Waals surface area contributed by atoms with Crippen molar-refractivity contribution < 1.29 is 0 Å². The number of imidazole rings is 1. The van der Waals surface area contributed by atoms with Crippen molar-refractivity contribution in [1.29, 1.82) is 0 Å². The van der Waals surface area contributed by atoms with Crippen LogP contribution in [0, 0.1) is 5.92 Å². The van der Waals surface area contributed by atoms with Gasteiger partial charge < -0.3 is 9.88 Å². The molecule has 1 fully saturated rings. The van der Waals surface area contributed by atoms with Crippen LogP contribution in [0.5, 0.6) is 0 Å². The zero-order valence-corrected chi connectivity index (χ0v) is 11.0. The van der Waals surface area contributed by atoms with Crippen molar-refractivity contribution in [3.63, 3.8) is 0 Å². The van der Waals surface area contributed by atoms with Crippen LogP contribution in [0.4, 0.5) is 0 Å². The van der Waals surface area contributed by atoms with Crippen molar-refractivity contribution in [1.82, 2.24) is 14.9 Å². The fourth-order valence-electron chi connectivity index (χ4n) is 2.81. The van der Waals surface area contributed by atoms with Crippen LogP contribution in [0.2, 0.25) is 0 Å². The number of aromatic nitrogens is 2. The number of nitrogens with one attached hydrogen (secondary N) is 1. The van der Waals surface area contributed by atoms with Crippen LogP contribution >= 0.6 is 0 Å². The second-order valence-corrected chi connectivity index (χ2v) is 5.14. The average Bonchev–Trinajstić information content (AvgIpc) is 2.98. The van der Waals surface area contributed by atoms with Crippen LogP contribution in [0.15, 0.2) is 12.5 Å². The number of hydrogen-bond acceptors (Lipinski definition) is 2. The van der Waals surface area contributed by atoms with Gasteiger partial charge in [-0.2, -0.15) is 0 Å². The Morgan fingerprint density at radius 2 is 2.24 bits per heavy atom. The van der Waals surface area contributed by atoms with Crippen molar-refractivity contribution in [2.24, 2.45) is 5.92 Å². The molecular formula is C14H25N3. The third-order valence-electron chi connectivity index (χ3n) is 3.89. The van der Waals surface area contributed by atoms with Crippen molar-refractivity contribution in [2.75, 3.05) is 6.54 Å². The Balaban J connectivity index is 1.56. The molecular weight excluding hydrogens is 210 g/mol. The predicted molar refractivity (Wildman–Crippen MR) is 70.8 cm³/mol. The largest absolute Gasteiger partial charge is 0.334 e. The number of rotatable bonds is 7. The summed E-state index contributed by atoms with van der Waals surface area (Å²) in [6.07, 6.45) is 12.5. The molecule has 0 aromatic carbocycles. The standard InChI is InChI=1S/C14H25N3/c1-2-17-12-16-11-14(17)10-15-9-5-8-13-6-3-4-7-13/h11-13,15H,2-10H2,1H3. The van der Waals surface area contributed by atoms with E-state index in [-0.39, 0.29) is 0 Å². The third-order valence-corrected chi connectivity index (χ3v) is 3.89. The maximum Gasteiger partial charge on any atom is 0.0948 e. The number of hydrogen-bond donors (Lipinski definition) is 1. The maximum absolute atomic E-state index is 4.18. The van der Waals surface area contributed by atoms with Gasteiger partial charge in [-0.25, -0.2) is 4.98 Å². The Labute approximate surface area is 105 Å². The van der Waals surface area contributed by atoms with E-state index < -0.39 is 0 Å². The summed E-state index contributed by atoms with van der Waals surface area (Å²) in [6.45, 7) is 5.27. The Bertz CT molecular complexity index is 313. The molecule has 1 heterocycles. The molecule has 0 aliphatic heterocycles. The summed E-state index contributed by atoms with van der Waals surface area (Å²) >= 11 is 0. The zero-order valence-electron chi connectivity index (χ0n) is 11.0. The smallest absolute Gasteiger partial charge is 0.0948 e. The SMILES string of the molecule is CCn1cncc1CNCCCC1CCCC1. The molecule has 0 amide bonds. The molecule has 0 radical (unpaired) electrons. The summed E-state index contributed by atoms with van der Waals surface area (Å²) in [7, 11) is 0. The van der Waals surface area contributed by atoms with Crippen molar-refractivity contribution in [3.8, 4) is 0 Å². The maximum atomic E-state index is 4.18. The molecule has 1 aliphatic carbocycles. The molecule has 0 unspecified atom stereocenters. The highest BCUT2D eigenvalue weighted by Crippen LogP contribution is 2.28. The Morgan fingerprint density at radius 1 is 1.41 bits per heavy atom. The van der Waals surface area contributed by atoms with Crippen molar-refractivity contribution in [3.05, 3.63) is 18.2 Å². The first kappa shape index (κ1) is 12.6. The van der Waals surface area contributed by atoms with E-state index in [1.54, 1.807) is 0 Å². The molecule has 1 saturated carbocycles. The molecule has 17 heavy (non-hydrogen) atoms. The molecule has 0 spiro atoms. The first-order valence-corrected chi connectivity index (χ1v) is 7.10. The molecule has 1 aromatic heterocycles. The summed E-state index contributed by atoms with van der Waals surface area (Å²) in [4.78, 5) is 4.18. The molecule has 2 rings (SSSR count). The molecule has 0 atom stereocenters. The Kier molecular flexibility index (Phi) is 5.05. The second-order valence-electron chi connectivity index (χ2n) is 5.14. The Hall–Kier alpha value is -0.830. The monoisotopic (exact) mass is 235 g/mol. The van der Waals surface area contributed by atoms with Crippen LogP contribution < -0.4 is 5.32 Å². The van der Waals surface area contributed by atoms with E-state index in [0.717, 1.165) is 25.6 Å². The molecule has 3 nitrogen and oxygen atoms in total. The van der Waals surface area contributed by atoms with Gasteiger partial charge in [-0.1, -0.05) is 25.7 Å². The minimum atomic E-state index is 0.957. The summed E-state index contributed by atoms with van der Waals surface area (Å²) in [5.74, 6) is 1.03. The molecule has 1 aromatic rings. The predicted octanol–water partition coefficient (Wildman–Crippen LogP) is 2.96. The van der Waals surface area contributed by atoms with E-state index in [0.29, 0.717) is 0 Å². The van der Waals surface area contributed by atoms with Crippen LogP contribution in [0.25, 0.3) is 0 Å². The van der Waals surface area contributed by atoms with Gasteiger partial charge in [-0.15, -0.1) is 0 Å². The molecule has 96 valence electrons. The minimum Gasteiger partial charge on any atom is -0.334 e. The van der Waals surface area contributed by atoms with E-state index in [4.69, 9.17) is 0 Å². The summed E-state index contributed by atoms with van der Waals surface area (Å²) in [5, 5.41) is 3.53. The van der Waals surface area contributed by atoms with Crippen LogP contribution in [-0.4, -0.2) is 16.1 Å². The van der Waals surface area contributed by atoms with Gasteiger partial charge in [0.15, 0.2) is 0 Å². The van der Waals surface area contributed by atoms with Gasteiger partial charge in [0.2, 0.25) is 0 Å². The van der Waals surface area contributed by atoms with Crippen LogP contribution in [0.1, 0.15) is 51.1 Å². The highest BCUT2D eigenvalue weighted by atomic mass is 15.1. The van der Waals surface area contributed by atoms with Crippen LogP contribution in [-0.2, 0) is 13.1 Å². The number of nitrogens with zero attached hydrogens (tertiary/aromatic N) is 2. The number of aryl methyl sites for hydroxylation is 1. The molecule has 1 N–H and O–H groups in total. The lowest BCUT2D eigenvalue weighted by Gasteiger charge is -2.10. The lowest BCUT2D eigenvalue weighted by atomic mass is 10.0. The fourth-order valence-corrected chi connectivity index (χ4v) is 2.81. The molecule has 3 heteroatoms. The van der Waals surface area contributed by atoms with E-state index in [2.05, 4.69) is 21.8 Å². The van der Waals surface area contributed by atoms with E-state index in [9.17, 15) is 0 Å². The van der Waals surface area contributed by atoms with Gasteiger partial charge in [-0.3, -0.25) is 0 Å². The van der Waals surface area contributed by atoms with Gasteiger partial charge in [0.25, 0.3) is 0 Å². The molecule has 0 bridgehead atoms. The average molecular weight is 235 g/mol. The fraction of sp³-hybridized carbons (Fsp3) is 0.786. The van der Waals surface area contributed by atoms with Gasteiger partial charge in [-0.05, 0) is 32.2 Å². The van der Waals surface area contributed by atoms with Gasteiger partial charge in [0, 0.05) is 19.3 Å². The quantitative estimate of drug-likeness (QED) is 0.736. The van der Waals surface area contributed by atoms with Crippen molar-refractivity contribution in [2.45, 2.75) is 58.5 Å². The van der Waals surface area contributed by atoms with Gasteiger partial charge >= 0.3 is 0 Å². The zero-order chi connectivity index (χ0) is 11.9. The molecule has 1 aliphatic rings. The van der Waals surface area contributed by atoms with Crippen molar-refractivity contribution >= 4 is 0 Å². The van der Waals surface area contributed by atoms with Gasteiger partial charge in [0.1, 0.15) is 0 Å². The lowest BCUT2D eigenvalue weighted by Crippen LogP contribution is -2.17. The second kappa shape index (κ2) is 6.80. The molecule has 0 saturated heterocycles. The first-order valence-electron chi connectivity index (χ1n) is 7.10. The topological polar surface area (TPSA) is 29.9 Å². The summed E-state index contributed by atoms with van der Waals surface area (Å²) < 4.78 is 2.20. The van der Waals surface area contributed by atoms with E-state index >= 15 is 0 Å². The van der Waals surface area contributed by atoms with Crippen LogP contribution in [0.3, 0.4) is 0 Å². The van der Waals surface area contributed by atoms with E-state index in [1.165, 1.54) is 44.2 Å². The highest BCUT2D eigenvalue weighted by molar-refractivity contribution is 4.97.